The molecule has 18 heavy (non-hydrogen) atoms. The second kappa shape index (κ2) is 3.99. The maximum absolute atomic E-state index is 11.9. The van der Waals surface area contributed by atoms with Crippen LogP contribution in [-0.4, -0.2) is 22.8 Å². The molecule has 1 saturated carbocycles. The van der Waals surface area contributed by atoms with Crippen LogP contribution in [0.4, 0.5) is 4.79 Å². The van der Waals surface area contributed by atoms with E-state index < -0.39 is 0 Å². The number of carbonyl (C=O) groups is 1. The summed E-state index contributed by atoms with van der Waals surface area (Å²) in [5.74, 6) is 0.386. The lowest BCUT2D eigenvalue weighted by molar-refractivity contribution is 0.203. The van der Waals surface area contributed by atoms with Crippen LogP contribution in [0.1, 0.15) is 30.0 Å². The Bertz CT molecular complexity index is 551. The molecule has 4 nitrogen and oxygen atoms in total. The van der Waals surface area contributed by atoms with Gasteiger partial charge in [0, 0.05) is 11.1 Å². The Morgan fingerprint density at radius 1 is 1.44 bits per heavy atom. The normalized spacial score (nSPS) is 23.4. The fourth-order valence-corrected chi connectivity index (χ4v) is 2.68. The number of amides is 2. The molecule has 0 aromatic heterocycles. The Morgan fingerprint density at radius 3 is 2.78 bits per heavy atom. The molecule has 1 aromatic rings. The van der Waals surface area contributed by atoms with Gasteiger partial charge in [0.05, 0.1) is 0 Å². The Labute approximate surface area is 110 Å². The molecule has 0 saturated heterocycles. The first-order valence-corrected chi connectivity index (χ1v) is 6.38. The van der Waals surface area contributed by atoms with E-state index in [0.29, 0.717) is 16.9 Å². The minimum atomic E-state index is -0.220. The van der Waals surface area contributed by atoms with E-state index >= 15 is 0 Å². The van der Waals surface area contributed by atoms with Gasteiger partial charge in [-0.15, -0.1) is 0 Å². The monoisotopic (exact) mass is 263 g/mol. The van der Waals surface area contributed by atoms with E-state index in [4.69, 9.17) is 17.3 Å². The zero-order valence-corrected chi connectivity index (χ0v) is 10.8. The summed E-state index contributed by atoms with van der Waals surface area (Å²) in [6, 6.07) is 5.50. The number of hydrogen-bond acceptors (Lipinski definition) is 2. The van der Waals surface area contributed by atoms with Crippen molar-refractivity contribution in [2.24, 2.45) is 10.7 Å². The zero-order chi connectivity index (χ0) is 12.9. The largest absolute Gasteiger partial charge is 0.385 e. The van der Waals surface area contributed by atoms with Gasteiger partial charge in [-0.05, 0) is 43.0 Å². The average molecular weight is 264 g/mol. The highest BCUT2D eigenvalue weighted by Crippen LogP contribution is 2.39. The minimum absolute atomic E-state index is 0.214. The minimum Gasteiger partial charge on any atom is -0.385 e. The van der Waals surface area contributed by atoms with Crippen LogP contribution in [0, 0.1) is 6.92 Å². The fourth-order valence-electron chi connectivity index (χ4n) is 2.46. The van der Waals surface area contributed by atoms with Gasteiger partial charge in [0.15, 0.2) is 0 Å². The highest BCUT2D eigenvalue weighted by atomic mass is 35.5. The van der Waals surface area contributed by atoms with E-state index in [1.165, 1.54) is 0 Å². The average Bonchev–Trinajstić information content (AvgIpc) is 3.06. The standard InChI is InChI=1S/C13H14ClN3O/c1-7-6-8(14)2-5-10(7)11-12(15)16-13(18)17(11)9-3-4-9/h2,5-6,9,11H,3-4H2,1H3,(H2,15,16,18). The number of aryl methyl sites for hydroxylation is 1. The van der Waals surface area contributed by atoms with Crippen molar-refractivity contribution < 1.29 is 4.79 Å². The summed E-state index contributed by atoms with van der Waals surface area (Å²) in [6.45, 7) is 1.97. The Morgan fingerprint density at radius 2 is 2.17 bits per heavy atom. The number of nitrogens with zero attached hydrogens (tertiary/aromatic N) is 2. The summed E-state index contributed by atoms with van der Waals surface area (Å²) in [6.07, 6.45) is 2.08. The molecule has 1 atom stereocenters. The molecule has 2 N–H and O–H groups in total. The lowest BCUT2D eigenvalue weighted by Crippen LogP contribution is -2.35. The van der Waals surface area contributed by atoms with Crippen molar-refractivity contribution in [1.82, 2.24) is 4.90 Å². The molecule has 1 heterocycles. The first kappa shape index (κ1) is 11.5. The summed E-state index contributed by atoms with van der Waals surface area (Å²) in [7, 11) is 0. The molecule has 5 heteroatoms. The third kappa shape index (κ3) is 1.77. The Hall–Kier alpha value is -1.55. The van der Waals surface area contributed by atoms with Gasteiger partial charge in [-0.25, -0.2) is 4.79 Å². The third-order valence-electron chi connectivity index (χ3n) is 3.47. The second-order valence-electron chi connectivity index (χ2n) is 4.86. The van der Waals surface area contributed by atoms with Gasteiger partial charge in [-0.2, -0.15) is 4.99 Å². The van der Waals surface area contributed by atoms with Crippen LogP contribution in [0.3, 0.4) is 0 Å². The Balaban J connectivity index is 2.03. The van der Waals surface area contributed by atoms with Crippen molar-refractivity contribution in [1.29, 1.82) is 0 Å². The SMILES string of the molecule is Cc1cc(Cl)ccc1C1C(N)=NC(=O)N1C1CC1. The van der Waals surface area contributed by atoms with E-state index in [0.717, 1.165) is 24.0 Å². The lowest BCUT2D eigenvalue weighted by Gasteiger charge is -2.25. The van der Waals surface area contributed by atoms with Crippen LogP contribution in [-0.2, 0) is 0 Å². The molecule has 0 bridgehead atoms. The number of benzene rings is 1. The second-order valence-corrected chi connectivity index (χ2v) is 5.30. The molecule has 1 aromatic carbocycles. The summed E-state index contributed by atoms with van der Waals surface area (Å²) in [5.41, 5.74) is 7.96. The number of nitrogens with two attached hydrogens (primary N) is 1. The first-order chi connectivity index (χ1) is 8.58. The van der Waals surface area contributed by atoms with Gasteiger partial charge in [0.2, 0.25) is 0 Å². The first-order valence-electron chi connectivity index (χ1n) is 6.00. The Kier molecular flexibility index (Phi) is 2.55. The van der Waals surface area contributed by atoms with Crippen molar-refractivity contribution >= 4 is 23.5 Å². The maximum Gasteiger partial charge on any atom is 0.346 e. The van der Waals surface area contributed by atoms with Gasteiger partial charge in [-0.1, -0.05) is 17.7 Å². The number of urea groups is 1. The van der Waals surface area contributed by atoms with Gasteiger partial charge < -0.3 is 10.6 Å². The van der Waals surface area contributed by atoms with E-state index in [-0.39, 0.29) is 12.1 Å². The molecule has 1 fully saturated rings. The quantitative estimate of drug-likeness (QED) is 0.892. The molecule has 0 spiro atoms. The number of amidine groups is 1. The van der Waals surface area contributed by atoms with Crippen molar-refractivity contribution in [3.05, 3.63) is 34.3 Å². The third-order valence-corrected chi connectivity index (χ3v) is 3.71. The fraction of sp³-hybridized carbons (Fsp3) is 0.385. The molecule has 1 aliphatic heterocycles. The van der Waals surface area contributed by atoms with Crippen LogP contribution >= 0.6 is 11.6 Å². The topological polar surface area (TPSA) is 58.7 Å². The van der Waals surface area contributed by atoms with Gasteiger partial charge >= 0.3 is 6.03 Å². The number of hydrogen-bond donors (Lipinski definition) is 1. The molecule has 94 valence electrons. The molecule has 1 unspecified atom stereocenters. The van der Waals surface area contributed by atoms with Gasteiger partial charge in [-0.3, -0.25) is 0 Å². The number of halogens is 1. The molecular weight excluding hydrogens is 250 g/mol. The summed E-state index contributed by atoms with van der Waals surface area (Å²) < 4.78 is 0. The van der Waals surface area contributed by atoms with Crippen LogP contribution in [0.15, 0.2) is 23.2 Å². The van der Waals surface area contributed by atoms with Crippen LogP contribution in [0.25, 0.3) is 0 Å². The van der Waals surface area contributed by atoms with Crippen LogP contribution in [0.5, 0.6) is 0 Å². The van der Waals surface area contributed by atoms with Gasteiger partial charge in [0.25, 0.3) is 0 Å². The smallest absolute Gasteiger partial charge is 0.346 e. The van der Waals surface area contributed by atoms with Crippen LogP contribution < -0.4 is 5.73 Å². The molecule has 2 amide bonds. The van der Waals surface area contributed by atoms with E-state index in [1.807, 2.05) is 25.1 Å². The van der Waals surface area contributed by atoms with E-state index in [1.54, 1.807) is 4.90 Å². The predicted molar refractivity (Wildman–Crippen MR) is 70.8 cm³/mol. The summed E-state index contributed by atoms with van der Waals surface area (Å²) >= 11 is 5.96. The number of aliphatic imine (C=N–C) groups is 1. The lowest BCUT2D eigenvalue weighted by atomic mass is 10.00. The number of carbonyl (C=O) groups excluding carboxylic acids is 1. The highest BCUT2D eigenvalue weighted by molar-refractivity contribution is 6.30. The van der Waals surface area contributed by atoms with Crippen molar-refractivity contribution in [3.8, 4) is 0 Å². The zero-order valence-electron chi connectivity index (χ0n) is 10.1. The summed E-state index contributed by atoms with van der Waals surface area (Å²) in [5, 5.41) is 0.689. The highest BCUT2D eigenvalue weighted by Gasteiger charge is 2.44. The molecule has 3 rings (SSSR count). The van der Waals surface area contributed by atoms with Crippen LogP contribution in [0.2, 0.25) is 5.02 Å². The number of rotatable bonds is 2. The van der Waals surface area contributed by atoms with E-state index in [2.05, 4.69) is 4.99 Å². The molecule has 1 aliphatic carbocycles. The molecule has 0 radical (unpaired) electrons. The molecule has 2 aliphatic rings. The van der Waals surface area contributed by atoms with Crippen molar-refractivity contribution in [2.45, 2.75) is 31.8 Å². The van der Waals surface area contributed by atoms with Gasteiger partial charge in [0.1, 0.15) is 11.9 Å². The van der Waals surface area contributed by atoms with E-state index in [9.17, 15) is 4.79 Å². The summed E-state index contributed by atoms with van der Waals surface area (Å²) in [4.78, 5) is 17.6. The molecular formula is C13H14ClN3O. The maximum atomic E-state index is 11.9. The predicted octanol–water partition coefficient (Wildman–Crippen LogP) is 2.64. The van der Waals surface area contributed by atoms with Crippen molar-refractivity contribution in [3.63, 3.8) is 0 Å². The van der Waals surface area contributed by atoms with Crippen molar-refractivity contribution in [2.75, 3.05) is 0 Å².